The lowest BCUT2D eigenvalue weighted by Crippen LogP contribution is -2.41. The van der Waals surface area contributed by atoms with Crippen LogP contribution in [0, 0.1) is 5.41 Å². The molecule has 0 aromatic heterocycles. The standard InChI is InChI=1S/C18H27ClN4O.HI/c1-4-20-17(23-12-9-18(2,3)13-23)22-11-10-21-16(24)14-5-7-15(19)8-6-14;/h5-8H,4,9-13H2,1-3H3,(H,20,22)(H,21,24);1H. The van der Waals surface area contributed by atoms with Gasteiger partial charge in [-0.25, -0.2) is 0 Å². The first-order chi connectivity index (χ1) is 11.4. The molecule has 25 heavy (non-hydrogen) atoms. The number of amides is 1. The zero-order chi connectivity index (χ0) is 17.6. The third-order valence-corrected chi connectivity index (χ3v) is 4.33. The van der Waals surface area contributed by atoms with Crippen LogP contribution in [0.15, 0.2) is 29.3 Å². The predicted molar refractivity (Wildman–Crippen MR) is 115 cm³/mol. The van der Waals surface area contributed by atoms with Crippen LogP contribution >= 0.6 is 35.6 Å². The second-order valence-electron chi connectivity index (χ2n) is 6.83. The number of benzene rings is 1. The molecule has 0 saturated carbocycles. The minimum atomic E-state index is -0.103. The Balaban J connectivity index is 0.00000312. The molecule has 1 aliphatic rings. The smallest absolute Gasteiger partial charge is 0.251 e. The average molecular weight is 479 g/mol. The third kappa shape index (κ3) is 7.01. The highest BCUT2D eigenvalue weighted by Gasteiger charge is 2.30. The Hall–Kier alpha value is -1.02. The Morgan fingerprint density at radius 2 is 1.96 bits per heavy atom. The monoisotopic (exact) mass is 478 g/mol. The maximum absolute atomic E-state index is 12.0. The fraction of sp³-hybridized carbons (Fsp3) is 0.556. The van der Waals surface area contributed by atoms with Crippen molar-refractivity contribution in [2.45, 2.75) is 27.2 Å². The van der Waals surface area contributed by atoms with Crippen LogP contribution in [-0.2, 0) is 0 Å². The number of halogens is 2. The molecule has 0 bridgehead atoms. The van der Waals surface area contributed by atoms with E-state index in [2.05, 4.69) is 41.3 Å². The van der Waals surface area contributed by atoms with E-state index in [1.54, 1.807) is 24.3 Å². The highest BCUT2D eigenvalue weighted by Crippen LogP contribution is 2.28. The first-order valence-corrected chi connectivity index (χ1v) is 8.86. The number of guanidine groups is 1. The molecular weight excluding hydrogens is 451 g/mol. The summed E-state index contributed by atoms with van der Waals surface area (Å²) in [4.78, 5) is 19.0. The highest BCUT2D eigenvalue weighted by molar-refractivity contribution is 14.0. The van der Waals surface area contributed by atoms with Crippen LogP contribution < -0.4 is 10.6 Å². The van der Waals surface area contributed by atoms with Crippen molar-refractivity contribution in [1.29, 1.82) is 0 Å². The van der Waals surface area contributed by atoms with Crippen LogP contribution in [0.3, 0.4) is 0 Å². The van der Waals surface area contributed by atoms with E-state index in [1.807, 2.05) is 0 Å². The van der Waals surface area contributed by atoms with Gasteiger partial charge in [0.25, 0.3) is 5.91 Å². The fourth-order valence-electron chi connectivity index (χ4n) is 2.75. The zero-order valence-corrected chi connectivity index (χ0v) is 18.2. The summed E-state index contributed by atoms with van der Waals surface area (Å²) in [6, 6.07) is 6.87. The van der Waals surface area contributed by atoms with Crippen molar-refractivity contribution in [2.24, 2.45) is 10.4 Å². The summed E-state index contributed by atoms with van der Waals surface area (Å²) < 4.78 is 0. The molecule has 1 amide bonds. The van der Waals surface area contributed by atoms with Gasteiger partial charge in [0.1, 0.15) is 0 Å². The van der Waals surface area contributed by atoms with E-state index in [-0.39, 0.29) is 29.9 Å². The predicted octanol–water partition coefficient (Wildman–Crippen LogP) is 3.39. The van der Waals surface area contributed by atoms with Crippen LogP contribution in [0.1, 0.15) is 37.6 Å². The molecule has 0 radical (unpaired) electrons. The van der Waals surface area contributed by atoms with Crippen molar-refractivity contribution in [2.75, 3.05) is 32.7 Å². The van der Waals surface area contributed by atoms with Gasteiger partial charge in [0.2, 0.25) is 0 Å². The largest absolute Gasteiger partial charge is 0.357 e. The second kappa shape index (κ2) is 10.2. The van der Waals surface area contributed by atoms with Gasteiger partial charge in [-0.05, 0) is 43.0 Å². The van der Waals surface area contributed by atoms with Crippen molar-refractivity contribution >= 4 is 47.4 Å². The average Bonchev–Trinajstić information content (AvgIpc) is 2.90. The van der Waals surface area contributed by atoms with E-state index in [0.29, 0.717) is 29.1 Å². The highest BCUT2D eigenvalue weighted by atomic mass is 127. The Kier molecular flexibility index (Phi) is 8.99. The third-order valence-electron chi connectivity index (χ3n) is 4.08. The number of hydrogen-bond donors (Lipinski definition) is 2. The van der Waals surface area contributed by atoms with Crippen molar-refractivity contribution in [1.82, 2.24) is 15.5 Å². The van der Waals surface area contributed by atoms with Crippen LogP contribution in [-0.4, -0.2) is 49.5 Å². The number of carbonyl (C=O) groups is 1. The summed E-state index contributed by atoms with van der Waals surface area (Å²) in [5.41, 5.74) is 0.940. The van der Waals surface area contributed by atoms with Gasteiger partial charge in [0.05, 0.1) is 6.54 Å². The Labute approximate surface area is 172 Å². The van der Waals surface area contributed by atoms with Crippen LogP contribution in [0.25, 0.3) is 0 Å². The minimum absolute atomic E-state index is 0. The van der Waals surface area contributed by atoms with Crippen LogP contribution in [0.4, 0.5) is 0 Å². The van der Waals surface area contributed by atoms with Gasteiger partial charge in [-0.3, -0.25) is 9.79 Å². The van der Waals surface area contributed by atoms with E-state index in [1.165, 1.54) is 6.42 Å². The molecule has 0 spiro atoms. The van der Waals surface area contributed by atoms with E-state index >= 15 is 0 Å². The molecule has 2 N–H and O–H groups in total. The quantitative estimate of drug-likeness (QED) is 0.295. The van der Waals surface area contributed by atoms with Gasteiger partial charge in [-0.2, -0.15) is 0 Å². The molecule has 1 heterocycles. The molecule has 7 heteroatoms. The number of hydrogen-bond acceptors (Lipinski definition) is 2. The molecule has 1 saturated heterocycles. The van der Waals surface area contributed by atoms with Crippen molar-refractivity contribution in [3.05, 3.63) is 34.9 Å². The topological polar surface area (TPSA) is 56.7 Å². The van der Waals surface area contributed by atoms with Gasteiger partial charge in [-0.15, -0.1) is 24.0 Å². The normalized spacial score (nSPS) is 16.3. The first-order valence-electron chi connectivity index (χ1n) is 8.48. The molecule has 1 fully saturated rings. The summed E-state index contributed by atoms with van der Waals surface area (Å²) in [6.45, 7) is 10.6. The van der Waals surface area contributed by atoms with Crippen molar-refractivity contribution < 1.29 is 4.79 Å². The molecule has 140 valence electrons. The summed E-state index contributed by atoms with van der Waals surface area (Å²) in [7, 11) is 0. The van der Waals surface area contributed by atoms with Crippen LogP contribution in [0.2, 0.25) is 5.02 Å². The molecule has 5 nitrogen and oxygen atoms in total. The second-order valence-corrected chi connectivity index (χ2v) is 7.27. The van der Waals surface area contributed by atoms with Crippen LogP contribution in [0.5, 0.6) is 0 Å². The number of likely N-dealkylation sites (tertiary alicyclic amines) is 1. The number of carbonyl (C=O) groups excluding carboxylic acids is 1. The molecule has 1 aromatic carbocycles. The van der Waals surface area contributed by atoms with Crippen molar-refractivity contribution in [3.8, 4) is 0 Å². The first kappa shape index (κ1) is 22.0. The van der Waals surface area contributed by atoms with E-state index in [0.717, 1.165) is 25.6 Å². The lowest BCUT2D eigenvalue weighted by atomic mass is 9.93. The number of aliphatic imine (C=N–C) groups is 1. The van der Waals surface area contributed by atoms with E-state index in [9.17, 15) is 4.79 Å². The minimum Gasteiger partial charge on any atom is -0.357 e. The van der Waals surface area contributed by atoms with Gasteiger partial charge in [0.15, 0.2) is 5.96 Å². The summed E-state index contributed by atoms with van der Waals surface area (Å²) in [5.74, 6) is 0.831. The molecule has 1 aliphatic heterocycles. The molecule has 0 atom stereocenters. The fourth-order valence-corrected chi connectivity index (χ4v) is 2.88. The molecule has 1 aromatic rings. The van der Waals surface area contributed by atoms with Gasteiger partial charge in [0, 0.05) is 36.8 Å². The summed E-state index contributed by atoms with van der Waals surface area (Å²) in [6.07, 6.45) is 1.17. The Bertz CT molecular complexity index is 589. The van der Waals surface area contributed by atoms with Gasteiger partial charge < -0.3 is 15.5 Å². The molecular formula is C18H28ClIN4O. The summed E-state index contributed by atoms with van der Waals surface area (Å²) >= 11 is 5.83. The van der Waals surface area contributed by atoms with E-state index in [4.69, 9.17) is 11.6 Å². The zero-order valence-electron chi connectivity index (χ0n) is 15.1. The molecule has 0 aliphatic carbocycles. The van der Waals surface area contributed by atoms with Gasteiger partial charge >= 0.3 is 0 Å². The van der Waals surface area contributed by atoms with Gasteiger partial charge in [-0.1, -0.05) is 25.4 Å². The number of rotatable bonds is 5. The van der Waals surface area contributed by atoms with Crippen molar-refractivity contribution in [3.63, 3.8) is 0 Å². The Morgan fingerprint density at radius 3 is 2.52 bits per heavy atom. The summed E-state index contributed by atoms with van der Waals surface area (Å²) in [5, 5.41) is 6.85. The lowest BCUT2D eigenvalue weighted by molar-refractivity contribution is 0.0955. The molecule has 0 unspecified atom stereocenters. The SMILES string of the molecule is CCNC(=NCCNC(=O)c1ccc(Cl)cc1)N1CCC(C)(C)C1.I. The number of nitrogens with zero attached hydrogens (tertiary/aromatic N) is 2. The Morgan fingerprint density at radius 1 is 1.28 bits per heavy atom. The maximum Gasteiger partial charge on any atom is 0.251 e. The molecule has 2 rings (SSSR count). The number of nitrogens with one attached hydrogen (secondary N) is 2. The maximum atomic E-state index is 12.0. The van der Waals surface area contributed by atoms with E-state index < -0.39 is 0 Å². The lowest BCUT2D eigenvalue weighted by Gasteiger charge is -2.23.